The van der Waals surface area contributed by atoms with E-state index in [-0.39, 0.29) is 28.9 Å². The van der Waals surface area contributed by atoms with Crippen molar-refractivity contribution in [3.8, 4) is 11.5 Å². The van der Waals surface area contributed by atoms with E-state index in [1.165, 1.54) is 6.21 Å². The summed E-state index contributed by atoms with van der Waals surface area (Å²) in [5.41, 5.74) is 5.36. The molecule has 0 aliphatic heterocycles. The van der Waals surface area contributed by atoms with Crippen LogP contribution >= 0.6 is 15.9 Å². The Morgan fingerprint density at radius 1 is 1.03 bits per heavy atom. The van der Waals surface area contributed by atoms with Crippen molar-refractivity contribution in [3.05, 3.63) is 57.1 Å². The number of hydrogen-bond donors (Lipinski definition) is 3. The Bertz CT molecular complexity index is 919. The number of phenolic OH excluding ortho intramolecular Hbond substituents is 2. The van der Waals surface area contributed by atoms with Crippen molar-refractivity contribution < 1.29 is 15.0 Å². The fraction of sp³-hybridized carbons (Fsp3) is 0.417. The lowest BCUT2D eigenvalue weighted by atomic mass is 9.78. The fourth-order valence-corrected chi connectivity index (χ4v) is 3.48. The number of hydrazone groups is 1. The summed E-state index contributed by atoms with van der Waals surface area (Å²) in [6.45, 7) is 12.4. The van der Waals surface area contributed by atoms with Crippen LogP contribution in [0.1, 0.15) is 70.2 Å². The first-order valence-electron chi connectivity index (χ1n) is 9.96. The SMILES string of the molecule is CC(C)(C)c1cc(CCC(=O)N/N=C\c2cc(Br)ccc2O)cc(C(C)(C)C)c1O. The molecule has 6 heteroatoms. The minimum absolute atomic E-state index is 0.0877. The van der Waals surface area contributed by atoms with Gasteiger partial charge in [-0.3, -0.25) is 4.79 Å². The van der Waals surface area contributed by atoms with Gasteiger partial charge in [0.2, 0.25) is 5.91 Å². The van der Waals surface area contributed by atoms with Gasteiger partial charge in [0.25, 0.3) is 0 Å². The Morgan fingerprint density at radius 3 is 2.13 bits per heavy atom. The second-order valence-electron chi connectivity index (χ2n) is 9.54. The maximum Gasteiger partial charge on any atom is 0.240 e. The number of halogens is 1. The third kappa shape index (κ3) is 6.33. The number of rotatable bonds is 5. The van der Waals surface area contributed by atoms with Crippen molar-refractivity contribution in [1.82, 2.24) is 5.43 Å². The molecule has 0 saturated heterocycles. The third-order valence-electron chi connectivity index (χ3n) is 4.81. The number of carbonyl (C=O) groups is 1. The number of hydrogen-bond acceptors (Lipinski definition) is 4. The maximum atomic E-state index is 12.2. The molecule has 0 aliphatic carbocycles. The quantitative estimate of drug-likeness (QED) is 0.393. The minimum atomic E-state index is -0.219. The van der Waals surface area contributed by atoms with E-state index in [1.807, 2.05) is 12.1 Å². The Hall–Kier alpha value is -2.34. The van der Waals surface area contributed by atoms with E-state index in [9.17, 15) is 15.0 Å². The number of aryl methyl sites for hydroxylation is 1. The number of nitrogens with one attached hydrogen (secondary N) is 1. The highest BCUT2D eigenvalue weighted by molar-refractivity contribution is 9.10. The van der Waals surface area contributed by atoms with Gasteiger partial charge in [-0.25, -0.2) is 5.43 Å². The van der Waals surface area contributed by atoms with E-state index >= 15 is 0 Å². The number of amides is 1. The van der Waals surface area contributed by atoms with Crippen LogP contribution in [0.3, 0.4) is 0 Å². The fourth-order valence-electron chi connectivity index (χ4n) is 3.10. The van der Waals surface area contributed by atoms with Crippen LogP contribution in [0.5, 0.6) is 11.5 Å². The van der Waals surface area contributed by atoms with Crippen LogP contribution in [-0.4, -0.2) is 22.3 Å². The van der Waals surface area contributed by atoms with E-state index in [4.69, 9.17) is 0 Å². The maximum absolute atomic E-state index is 12.2. The van der Waals surface area contributed by atoms with Gasteiger partial charge in [-0.05, 0) is 52.1 Å². The minimum Gasteiger partial charge on any atom is -0.507 e. The average molecular weight is 475 g/mol. The molecule has 0 fully saturated rings. The summed E-state index contributed by atoms with van der Waals surface area (Å²) in [4.78, 5) is 12.2. The predicted molar refractivity (Wildman–Crippen MR) is 125 cm³/mol. The van der Waals surface area contributed by atoms with Crippen molar-refractivity contribution in [1.29, 1.82) is 0 Å². The second-order valence-corrected chi connectivity index (χ2v) is 10.5. The molecule has 0 atom stereocenters. The zero-order chi connectivity index (χ0) is 22.7. The molecule has 0 aromatic heterocycles. The molecule has 2 aromatic rings. The molecular formula is C24H31BrN2O3. The molecule has 3 N–H and O–H groups in total. The monoisotopic (exact) mass is 474 g/mol. The molecule has 2 rings (SSSR count). The average Bonchev–Trinajstić information content (AvgIpc) is 2.61. The first-order chi connectivity index (χ1) is 13.8. The molecule has 0 aliphatic rings. The van der Waals surface area contributed by atoms with Crippen molar-refractivity contribution >= 4 is 28.1 Å². The summed E-state index contributed by atoms with van der Waals surface area (Å²) in [5.74, 6) is 0.203. The molecule has 0 unspecified atom stereocenters. The summed E-state index contributed by atoms with van der Waals surface area (Å²) < 4.78 is 0.810. The highest BCUT2D eigenvalue weighted by atomic mass is 79.9. The summed E-state index contributed by atoms with van der Waals surface area (Å²) >= 11 is 3.33. The molecule has 1 amide bonds. The van der Waals surface area contributed by atoms with Crippen LogP contribution in [0.25, 0.3) is 0 Å². The summed E-state index contributed by atoms with van der Waals surface area (Å²) in [7, 11) is 0. The van der Waals surface area contributed by atoms with Crippen molar-refractivity contribution in [2.75, 3.05) is 0 Å². The Kier molecular flexibility index (Phi) is 7.35. The first kappa shape index (κ1) is 23.9. The smallest absolute Gasteiger partial charge is 0.240 e. The summed E-state index contributed by atoms with van der Waals surface area (Å²) in [6, 6.07) is 8.96. The van der Waals surface area contributed by atoms with Crippen molar-refractivity contribution in [2.24, 2.45) is 5.10 Å². The van der Waals surface area contributed by atoms with Crippen LogP contribution in [0.15, 0.2) is 39.9 Å². The number of benzene rings is 2. The van der Waals surface area contributed by atoms with Gasteiger partial charge in [0.1, 0.15) is 11.5 Å². The summed E-state index contributed by atoms with van der Waals surface area (Å²) in [6.07, 6.45) is 2.21. The number of phenols is 2. The van der Waals surface area contributed by atoms with Gasteiger partial charge >= 0.3 is 0 Å². The number of nitrogens with zero attached hydrogens (tertiary/aromatic N) is 1. The van der Waals surface area contributed by atoms with E-state index < -0.39 is 0 Å². The highest BCUT2D eigenvalue weighted by Gasteiger charge is 2.26. The van der Waals surface area contributed by atoms with E-state index in [0.717, 1.165) is 21.2 Å². The van der Waals surface area contributed by atoms with Crippen LogP contribution in [-0.2, 0) is 22.0 Å². The molecule has 0 bridgehead atoms. The Morgan fingerprint density at radius 2 is 1.60 bits per heavy atom. The lowest BCUT2D eigenvalue weighted by molar-refractivity contribution is -0.121. The van der Waals surface area contributed by atoms with E-state index in [1.54, 1.807) is 18.2 Å². The van der Waals surface area contributed by atoms with Gasteiger partial charge in [0, 0.05) is 16.5 Å². The normalized spacial score (nSPS) is 12.4. The lowest BCUT2D eigenvalue weighted by Crippen LogP contribution is -2.20. The lowest BCUT2D eigenvalue weighted by Gasteiger charge is -2.28. The van der Waals surface area contributed by atoms with Crippen LogP contribution in [0, 0.1) is 0 Å². The van der Waals surface area contributed by atoms with Gasteiger partial charge in [0.05, 0.1) is 6.21 Å². The molecule has 5 nitrogen and oxygen atoms in total. The van der Waals surface area contributed by atoms with Gasteiger partial charge < -0.3 is 10.2 Å². The molecule has 0 saturated carbocycles. The zero-order valence-electron chi connectivity index (χ0n) is 18.5. The number of aromatic hydroxyl groups is 2. The largest absolute Gasteiger partial charge is 0.507 e. The predicted octanol–water partition coefficient (Wildman–Crippen LogP) is 5.54. The summed E-state index contributed by atoms with van der Waals surface area (Å²) in [5, 5.41) is 24.6. The second kappa shape index (κ2) is 9.21. The van der Waals surface area contributed by atoms with Gasteiger partial charge in [-0.2, -0.15) is 5.10 Å². The first-order valence-corrected chi connectivity index (χ1v) is 10.8. The molecule has 30 heavy (non-hydrogen) atoms. The molecule has 0 spiro atoms. The molecule has 2 aromatic carbocycles. The standard InChI is InChI=1S/C24H31BrN2O3/c1-23(2,3)18-11-15(12-19(22(18)30)24(4,5)6)7-10-21(29)27-26-14-16-13-17(25)8-9-20(16)28/h8-9,11-14,28,30H,7,10H2,1-6H3,(H,27,29)/b26-14-. The topological polar surface area (TPSA) is 81.9 Å². The van der Waals surface area contributed by atoms with E-state index in [2.05, 4.69) is 68.0 Å². The van der Waals surface area contributed by atoms with Crippen LogP contribution < -0.4 is 5.43 Å². The molecule has 162 valence electrons. The van der Waals surface area contributed by atoms with E-state index in [0.29, 0.717) is 17.7 Å². The number of carbonyl (C=O) groups excluding carboxylic acids is 1. The van der Waals surface area contributed by atoms with Gasteiger partial charge in [-0.15, -0.1) is 0 Å². The molecule has 0 heterocycles. The van der Waals surface area contributed by atoms with Gasteiger partial charge in [-0.1, -0.05) is 69.6 Å². The van der Waals surface area contributed by atoms with Crippen LogP contribution in [0.4, 0.5) is 0 Å². The zero-order valence-corrected chi connectivity index (χ0v) is 20.1. The van der Waals surface area contributed by atoms with Crippen molar-refractivity contribution in [2.45, 2.75) is 65.2 Å². The van der Waals surface area contributed by atoms with Crippen LogP contribution in [0.2, 0.25) is 0 Å². The Balaban J connectivity index is 2.12. The highest BCUT2D eigenvalue weighted by Crippen LogP contribution is 2.40. The third-order valence-corrected chi connectivity index (χ3v) is 5.30. The molecule has 0 radical (unpaired) electrons. The van der Waals surface area contributed by atoms with Gasteiger partial charge in [0.15, 0.2) is 0 Å². The van der Waals surface area contributed by atoms with Crippen molar-refractivity contribution in [3.63, 3.8) is 0 Å². The molecular weight excluding hydrogens is 444 g/mol. The Labute approximate surface area is 187 Å².